The van der Waals surface area contributed by atoms with E-state index < -0.39 is 0 Å². The third-order valence-corrected chi connectivity index (χ3v) is 2.56. The zero-order valence-corrected chi connectivity index (χ0v) is 8.70. The number of hydrogen-bond acceptors (Lipinski definition) is 2. The van der Waals surface area contributed by atoms with Crippen LogP contribution in [0.2, 0.25) is 0 Å². The maximum absolute atomic E-state index is 11.0. The van der Waals surface area contributed by atoms with Gasteiger partial charge in [0.2, 0.25) is 0 Å². The second-order valence-electron chi connectivity index (χ2n) is 2.73. The number of rotatable bonds is 3. The summed E-state index contributed by atoms with van der Waals surface area (Å²) in [5.74, 6) is 0. The zero-order chi connectivity index (χ0) is 9.68. The Morgan fingerprint density at radius 2 is 2.23 bits per heavy atom. The van der Waals surface area contributed by atoms with Crippen LogP contribution in [0.1, 0.15) is 16.7 Å². The number of amides is 2. The molecule has 0 saturated heterocycles. The molecule has 1 rings (SSSR count). The summed E-state index contributed by atoms with van der Waals surface area (Å²) >= 11 is 1.71. The molecule has 0 aliphatic rings. The highest BCUT2D eigenvalue weighted by molar-refractivity contribution is 7.11. The highest BCUT2D eigenvalue weighted by Crippen LogP contribution is 2.14. The van der Waals surface area contributed by atoms with E-state index in [0.29, 0.717) is 13.1 Å². The fraction of sp³-hybridized carbons (Fsp3) is 0.444. The fourth-order valence-electron chi connectivity index (χ4n) is 0.971. The van der Waals surface area contributed by atoms with Crippen molar-refractivity contribution in [3.8, 4) is 0 Å². The van der Waals surface area contributed by atoms with Crippen molar-refractivity contribution in [2.24, 2.45) is 0 Å². The normalized spacial score (nSPS) is 9.69. The van der Waals surface area contributed by atoms with Gasteiger partial charge < -0.3 is 10.6 Å². The van der Waals surface area contributed by atoms with Gasteiger partial charge in [-0.25, -0.2) is 4.79 Å². The van der Waals surface area contributed by atoms with Crippen LogP contribution in [0.3, 0.4) is 0 Å². The third kappa shape index (κ3) is 3.46. The highest BCUT2D eigenvalue weighted by Gasteiger charge is 1.99. The predicted molar refractivity (Wildman–Crippen MR) is 55.0 cm³/mol. The zero-order valence-electron chi connectivity index (χ0n) is 7.89. The number of carbonyl (C=O) groups excluding carboxylic acids is 1. The lowest BCUT2D eigenvalue weighted by atomic mass is 10.4. The molecule has 1 heterocycles. The summed E-state index contributed by atoms with van der Waals surface area (Å²) in [7, 11) is 0. The Bertz CT molecular complexity index is 283. The summed E-state index contributed by atoms with van der Waals surface area (Å²) in [6, 6.07) is 3.99. The van der Waals surface area contributed by atoms with Gasteiger partial charge in [0, 0.05) is 16.3 Å². The molecule has 0 aliphatic heterocycles. The molecule has 0 aliphatic carbocycles. The van der Waals surface area contributed by atoms with Crippen molar-refractivity contribution in [3.63, 3.8) is 0 Å². The Balaban J connectivity index is 2.30. The van der Waals surface area contributed by atoms with E-state index in [2.05, 4.69) is 23.6 Å². The molecule has 0 aromatic carbocycles. The summed E-state index contributed by atoms with van der Waals surface area (Å²) < 4.78 is 0. The van der Waals surface area contributed by atoms with Gasteiger partial charge in [0.05, 0.1) is 6.54 Å². The van der Waals surface area contributed by atoms with E-state index in [0.717, 1.165) is 0 Å². The average Bonchev–Trinajstić information content (AvgIpc) is 2.49. The molecule has 0 bridgehead atoms. The van der Waals surface area contributed by atoms with Crippen molar-refractivity contribution in [1.29, 1.82) is 0 Å². The molecule has 4 heteroatoms. The lowest BCUT2D eigenvalue weighted by Gasteiger charge is -2.03. The lowest BCUT2D eigenvalue weighted by Crippen LogP contribution is -2.34. The molecule has 0 spiro atoms. The van der Waals surface area contributed by atoms with Gasteiger partial charge in [-0.1, -0.05) is 0 Å². The van der Waals surface area contributed by atoms with Crippen LogP contribution in [0, 0.1) is 6.92 Å². The van der Waals surface area contributed by atoms with Crippen molar-refractivity contribution >= 4 is 17.4 Å². The Kier molecular flexibility index (Phi) is 3.76. The van der Waals surface area contributed by atoms with Crippen LogP contribution >= 0.6 is 11.3 Å². The summed E-state index contributed by atoms with van der Waals surface area (Å²) in [5.41, 5.74) is 0. The quantitative estimate of drug-likeness (QED) is 0.765. The summed E-state index contributed by atoms with van der Waals surface area (Å²) in [6.45, 7) is 5.23. The van der Waals surface area contributed by atoms with Crippen molar-refractivity contribution < 1.29 is 4.79 Å². The second kappa shape index (κ2) is 4.87. The SMILES string of the molecule is CCNC(=O)NCc1ccc(C)s1. The molecular weight excluding hydrogens is 184 g/mol. The van der Waals surface area contributed by atoms with Gasteiger partial charge in [-0.2, -0.15) is 0 Å². The number of carbonyl (C=O) groups is 1. The van der Waals surface area contributed by atoms with Crippen LogP contribution in [-0.4, -0.2) is 12.6 Å². The van der Waals surface area contributed by atoms with Crippen LogP contribution < -0.4 is 10.6 Å². The molecule has 0 saturated carbocycles. The van der Waals surface area contributed by atoms with Gasteiger partial charge >= 0.3 is 6.03 Å². The van der Waals surface area contributed by atoms with E-state index in [9.17, 15) is 4.79 Å². The van der Waals surface area contributed by atoms with E-state index in [1.165, 1.54) is 9.75 Å². The van der Waals surface area contributed by atoms with E-state index in [1.807, 2.05) is 13.0 Å². The first-order valence-electron chi connectivity index (χ1n) is 4.29. The molecule has 0 radical (unpaired) electrons. The second-order valence-corrected chi connectivity index (χ2v) is 4.10. The van der Waals surface area contributed by atoms with Crippen molar-refractivity contribution in [2.75, 3.05) is 6.54 Å². The van der Waals surface area contributed by atoms with Crippen molar-refractivity contribution in [2.45, 2.75) is 20.4 Å². The minimum absolute atomic E-state index is 0.103. The molecule has 0 fully saturated rings. The Labute approximate surface area is 82.2 Å². The first-order chi connectivity index (χ1) is 6.22. The smallest absolute Gasteiger partial charge is 0.315 e. The number of hydrogen-bond donors (Lipinski definition) is 2. The fourth-order valence-corrected chi connectivity index (χ4v) is 1.80. The molecule has 1 aromatic heterocycles. The van der Waals surface area contributed by atoms with E-state index in [1.54, 1.807) is 11.3 Å². The van der Waals surface area contributed by atoms with Crippen molar-refractivity contribution in [3.05, 3.63) is 21.9 Å². The molecule has 2 N–H and O–H groups in total. The van der Waals surface area contributed by atoms with E-state index >= 15 is 0 Å². The number of aryl methyl sites for hydroxylation is 1. The first kappa shape index (κ1) is 10.1. The standard InChI is InChI=1S/C9H14N2OS/c1-3-10-9(12)11-6-8-5-4-7(2)13-8/h4-5H,3,6H2,1-2H3,(H2,10,11,12). The lowest BCUT2D eigenvalue weighted by molar-refractivity contribution is 0.241. The highest BCUT2D eigenvalue weighted by atomic mass is 32.1. The molecule has 0 unspecified atom stereocenters. The van der Waals surface area contributed by atoms with Crippen LogP contribution in [0.25, 0.3) is 0 Å². The van der Waals surface area contributed by atoms with Crippen LogP contribution in [0.4, 0.5) is 4.79 Å². The largest absolute Gasteiger partial charge is 0.338 e. The van der Waals surface area contributed by atoms with E-state index in [-0.39, 0.29) is 6.03 Å². The molecule has 13 heavy (non-hydrogen) atoms. The Hall–Kier alpha value is -1.03. The minimum atomic E-state index is -0.103. The van der Waals surface area contributed by atoms with Gasteiger partial charge in [0.25, 0.3) is 0 Å². The molecule has 3 nitrogen and oxygen atoms in total. The minimum Gasteiger partial charge on any atom is -0.338 e. The molecule has 1 aromatic rings. The first-order valence-corrected chi connectivity index (χ1v) is 5.11. The monoisotopic (exact) mass is 198 g/mol. The number of thiophene rings is 1. The predicted octanol–water partition coefficient (Wildman–Crippen LogP) is 1.88. The van der Waals surface area contributed by atoms with Gasteiger partial charge in [0.15, 0.2) is 0 Å². The van der Waals surface area contributed by atoms with Gasteiger partial charge in [0.1, 0.15) is 0 Å². The number of urea groups is 1. The van der Waals surface area contributed by atoms with Crippen LogP contribution in [0.15, 0.2) is 12.1 Å². The Morgan fingerprint density at radius 1 is 1.46 bits per heavy atom. The maximum atomic E-state index is 11.0. The molecule has 2 amide bonds. The van der Waals surface area contributed by atoms with Crippen LogP contribution in [-0.2, 0) is 6.54 Å². The van der Waals surface area contributed by atoms with E-state index in [4.69, 9.17) is 0 Å². The Morgan fingerprint density at radius 3 is 2.77 bits per heavy atom. The van der Waals surface area contributed by atoms with Gasteiger partial charge in [-0.3, -0.25) is 0 Å². The maximum Gasteiger partial charge on any atom is 0.315 e. The summed E-state index contributed by atoms with van der Waals surface area (Å²) in [6.07, 6.45) is 0. The molecule has 0 atom stereocenters. The average molecular weight is 198 g/mol. The van der Waals surface area contributed by atoms with Gasteiger partial charge in [-0.05, 0) is 26.0 Å². The van der Waals surface area contributed by atoms with Crippen LogP contribution in [0.5, 0.6) is 0 Å². The third-order valence-electron chi connectivity index (χ3n) is 1.56. The molecular formula is C9H14N2OS. The van der Waals surface area contributed by atoms with Gasteiger partial charge in [-0.15, -0.1) is 11.3 Å². The van der Waals surface area contributed by atoms with Crippen molar-refractivity contribution in [1.82, 2.24) is 10.6 Å². The summed E-state index contributed by atoms with van der Waals surface area (Å²) in [5, 5.41) is 5.45. The molecule has 72 valence electrons. The number of nitrogens with one attached hydrogen (secondary N) is 2. The topological polar surface area (TPSA) is 41.1 Å². The summed E-state index contributed by atoms with van der Waals surface area (Å²) in [4.78, 5) is 13.5.